The number of methoxy groups -OCH3 is 1. The number of ether oxygens (including phenoxy) is 2. The SMILES string of the molecule is COC(C)CN(C)CC1C(N)C(C)(C)OC1(C)C. The largest absolute Gasteiger partial charge is 0.380 e. The maximum Gasteiger partial charge on any atom is 0.0788 e. The van der Waals surface area contributed by atoms with E-state index >= 15 is 0 Å². The van der Waals surface area contributed by atoms with Gasteiger partial charge in [-0.15, -0.1) is 0 Å². The summed E-state index contributed by atoms with van der Waals surface area (Å²) >= 11 is 0. The summed E-state index contributed by atoms with van der Waals surface area (Å²) in [6.45, 7) is 12.4. The molecule has 3 unspecified atom stereocenters. The monoisotopic (exact) mass is 258 g/mol. The third-order valence-electron chi connectivity index (χ3n) is 4.13. The molecule has 1 heterocycles. The lowest BCUT2D eigenvalue weighted by Crippen LogP contribution is -2.48. The van der Waals surface area contributed by atoms with Gasteiger partial charge in [0.25, 0.3) is 0 Å². The van der Waals surface area contributed by atoms with Crippen molar-refractivity contribution in [2.45, 2.75) is 58.0 Å². The highest BCUT2D eigenvalue weighted by Gasteiger charge is 2.52. The van der Waals surface area contributed by atoms with Crippen molar-refractivity contribution in [1.29, 1.82) is 0 Å². The summed E-state index contributed by atoms with van der Waals surface area (Å²) in [5.74, 6) is 0.335. The first kappa shape index (κ1) is 15.9. The topological polar surface area (TPSA) is 47.7 Å². The van der Waals surface area contributed by atoms with Gasteiger partial charge in [0.15, 0.2) is 0 Å². The van der Waals surface area contributed by atoms with Crippen LogP contribution < -0.4 is 5.73 Å². The molecule has 0 amide bonds. The van der Waals surface area contributed by atoms with Crippen molar-refractivity contribution < 1.29 is 9.47 Å². The van der Waals surface area contributed by atoms with Crippen LogP contribution in [0.4, 0.5) is 0 Å². The van der Waals surface area contributed by atoms with Gasteiger partial charge in [-0.1, -0.05) is 0 Å². The van der Waals surface area contributed by atoms with E-state index in [-0.39, 0.29) is 23.3 Å². The van der Waals surface area contributed by atoms with Gasteiger partial charge in [0.1, 0.15) is 0 Å². The zero-order valence-corrected chi connectivity index (χ0v) is 13.0. The van der Waals surface area contributed by atoms with Crippen molar-refractivity contribution in [3.8, 4) is 0 Å². The molecule has 4 nitrogen and oxygen atoms in total. The second kappa shape index (κ2) is 5.45. The molecule has 0 aromatic heterocycles. The third-order valence-corrected chi connectivity index (χ3v) is 4.13. The van der Waals surface area contributed by atoms with E-state index < -0.39 is 0 Å². The molecule has 108 valence electrons. The lowest BCUT2D eigenvalue weighted by molar-refractivity contribution is -0.0786. The highest BCUT2D eigenvalue weighted by molar-refractivity contribution is 5.04. The van der Waals surface area contributed by atoms with E-state index in [0.717, 1.165) is 13.1 Å². The fraction of sp³-hybridized carbons (Fsp3) is 1.00. The van der Waals surface area contributed by atoms with Crippen molar-refractivity contribution in [3.63, 3.8) is 0 Å². The number of likely N-dealkylation sites (N-methyl/N-ethyl adjacent to an activating group) is 1. The Morgan fingerprint density at radius 2 is 1.83 bits per heavy atom. The van der Waals surface area contributed by atoms with Crippen LogP contribution in [0.1, 0.15) is 34.6 Å². The number of hydrogen-bond donors (Lipinski definition) is 1. The molecule has 0 aliphatic carbocycles. The summed E-state index contributed by atoms with van der Waals surface area (Å²) in [4.78, 5) is 2.28. The summed E-state index contributed by atoms with van der Waals surface area (Å²) in [5.41, 5.74) is 5.94. The van der Waals surface area contributed by atoms with E-state index in [1.807, 2.05) is 0 Å². The van der Waals surface area contributed by atoms with Crippen LogP contribution in [0.5, 0.6) is 0 Å². The minimum atomic E-state index is -0.248. The molecule has 2 N–H and O–H groups in total. The van der Waals surface area contributed by atoms with Gasteiger partial charge >= 0.3 is 0 Å². The van der Waals surface area contributed by atoms with Gasteiger partial charge in [-0.25, -0.2) is 0 Å². The molecular weight excluding hydrogens is 228 g/mol. The van der Waals surface area contributed by atoms with Crippen LogP contribution in [-0.2, 0) is 9.47 Å². The summed E-state index contributed by atoms with van der Waals surface area (Å²) in [6.07, 6.45) is 0.240. The maximum atomic E-state index is 6.36. The van der Waals surface area contributed by atoms with Crippen LogP contribution in [0, 0.1) is 5.92 Å². The van der Waals surface area contributed by atoms with Crippen LogP contribution in [0.25, 0.3) is 0 Å². The highest BCUT2D eigenvalue weighted by atomic mass is 16.5. The second-order valence-electron chi connectivity index (χ2n) is 6.71. The van der Waals surface area contributed by atoms with E-state index in [2.05, 4.69) is 46.6 Å². The lowest BCUT2D eigenvalue weighted by atomic mass is 9.83. The van der Waals surface area contributed by atoms with Gasteiger partial charge in [-0.05, 0) is 41.7 Å². The lowest BCUT2D eigenvalue weighted by Gasteiger charge is -2.32. The standard InChI is InChI=1S/C14H30N2O2/c1-10(17-7)8-16(6)9-11-12(15)14(4,5)18-13(11,2)3/h10-12H,8-9,15H2,1-7H3. The van der Waals surface area contributed by atoms with Crippen LogP contribution in [0.2, 0.25) is 0 Å². The molecule has 4 heteroatoms. The number of nitrogens with two attached hydrogens (primary N) is 1. The fourth-order valence-corrected chi connectivity index (χ4v) is 3.00. The maximum absolute atomic E-state index is 6.36. The molecule has 0 aromatic carbocycles. The van der Waals surface area contributed by atoms with Gasteiger partial charge in [-0.3, -0.25) is 0 Å². The molecule has 1 aliphatic heterocycles. The molecule has 18 heavy (non-hydrogen) atoms. The molecule has 0 aromatic rings. The summed E-state index contributed by atoms with van der Waals surface area (Å²) in [5, 5.41) is 0. The van der Waals surface area contributed by atoms with Crippen molar-refractivity contribution in [1.82, 2.24) is 4.90 Å². The van der Waals surface area contributed by atoms with E-state index in [1.165, 1.54) is 0 Å². The Labute approximate surface area is 112 Å². The Morgan fingerprint density at radius 3 is 2.22 bits per heavy atom. The summed E-state index contributed by atoms with van der Waals surface area (Å²) in [7, 11) is 3.86. The van der Waals surface area contributed by atoms with Crippen molar-refractivity contribution in [2.24, 2.45) is 11.7 Å². The van der Waals surface area contributed by atoms with E-state index in [1.54, 1.807) is 7.11 Å². The number of hydrogen-bond acceptors (Lipinski definition) is 4. The van der Waals surface area contributed by atoms with Gasteiger partial charge in [0.2, 0.25) is 0 Å². The van der Waals surface area contributed by atoms with Crippen molar-refractivity contribution in [3.05, 3.63) is 0 Å². The summed E-state index contributed by atoms with van der Waals surface area (Å²) in [6, 6.07) is 0.0628. The number of nitrogens with zero attached hydrogens (tertiary/aromatic N) is 1. The quantitative estimate of drug-likeness (QED) is 0.811. The molecule has 1 aliphatic rings. The van der Waals surface area contributed by atoms with E-state index in [0.29, 0.717) is 5.92 Å². The Bertz CT molecular complexity index is 279. The Morgan fingerprint density at radius 1 is 1.28 bits per heavy atom. The van der Waals surface area contributed by atoms with Crippen molar-refractivity contribution >= 4 is 0 Å². The molecule has 0 bridgehead atoms. The van der Waals surface area contributed by atoms with Gasteiger partial charge in [-0.2, -0.15) is 0 Å². The highest BCUT2D eigenvalue weighted by Crippen LogP contribution is 2.41. The van der Waals surface area contributed by atoms with Gasteiger partial charge in [0, 0.05) is 32.2 Å². The average molecular weight is 258 g/mol. The number of rotatable bonds is 5. The molecule has 3 atom stereocenters. The molecule has 0 saturated carbocycles. The first-order valence-corrected chi connectivity index (χ1v) is 6.77. The van der Waals surface area contributed by atoms with Crippen LogP contribution in [0.3, 0.4) is 0 Å². The Hall–Kier alpha value is -0.160. The third kappa shape index (κ3) is 3.44. The summed E-state index contributed by atoms with van der Waals surface area (Å²) < 4.78 is 11.4. The minimum Gasteiger partial charge on any atom is -0.380 e. The predicted octanol–water partition coefficient (Wildman–Crippen LogP) is 1.48. The van der Waals surface area contributed by atoms with E-state index in [4.69, 9.17) is 15.2 Å². The molecule has 0 spiro atoms. The predicted molar refractivity (Wildman–Crippen MR) is 74.7 cm³/mol. The molecule has 1 rings (SSSR count). The Balaban J connectivity index is 2.65. The minimum absolute atomic E-state index is 0.0628. The average Bonchev–Trinajstić information content (AvgIpc) is 2.36. The van der Waals surface area contributed by atoms with Crippen molar-refractivity contribution in [2.75, 3.05) is 27.2 Å². The Kier molecular flexibility index (Phi) is 4.81. The first-order valence-electron chi connectivity index (χ1n) is 6.77. The van der Waals surface area contributed by atoms with E-state index in [9.17, 15) is 0 Å². The zero-order valence-electron chi connectivity index (χ0n) is 13.0. The van der Waals surface area contributed by atoms with Crippen LogP contribution >= 0.6 is 0 Å². The molecule has 1 saturated heterocycles. The second-order valence-corrected chi connectivity index (χ2v) is 6.71. The van der Waals surface area contributed by atoms with Crippen LogP contribution in [0.15, 0.2) is 0 Å². The fourth-order valence-electron chi connectivity index (χ4n) is 3.00. The van der Waals surface area contributed by atoms with Gasteiger partial charge < -0.3 is 20.1 Å². The van der Waals surface area contributed by atoms with Gasteiger partial charge in [0.05, 0.1) is 17.3 Å². The molecule has 1 fully saturated rings. The molecular formula is C14H30N2O2. The van der Waals surface area contributed by atoms with Crippen LogP contribution in [-0.4, -0.2) is 55.5 Å². The first-order chi connectivity index (χ1) is 8.10. The molecule has 0 radical (unpaired) electrons. The normalized spacial score (nSPS) is 31.8. The zero-order chi connectivity index (χ0) is 14.1. The smallest absolute Gasteiger partial charge is 0.0788 e.